The highest BCUT2D eigenvalue weighted by Crippen LogP contribution is 2.38. The van der Waals surface area contributed by atoms with Gasteiger partial charge in [0.15, 0.2) is 9.84 Å². The number of carbonyl (C=O) groups is 1. The van der Waals surface area contributed by atoms with E-state index in [0.29, 0.717) is 5.56 Å². The lowest BCUT2D eigenvalue weighted by Gasteiger charge is -2.22. The van der Waals surface area contributed by atoms with Gasteiger partial charge >= 0.3 is 5.97 Å². The van der Waals surface area contributed by atoms with Gasteiger partial charge in [0.2, 0.25) is 0 Å². The summed E-state index contributed by atoms with van der Waals surface area (Å²) >= 11 is 1.53. The first-order valence-electron chi connectivity index (χ1n) is 5.47. The highest BCUT2D eigenvalue weighted by atomic mass is 32.2. The lowest BCUT2D eigenvalue weighted by molar-refractivity contribution is 0.0599. The Morgan fingerprint density at radius 2 is 2.11 bits per heavy atom. The van der Waals surface area contributed by atoms with Crippen LogP contribution >= 0.6 is 11.8 Å². The largest absolute Gasteiger partial charge is 0.465 e. The Morgan fingerprint density at radius 1 is 1.44 bits per heavy atom. The molecule has 1 heterocycles. The zero-order valence-corrected chi connectivity index (χ0v) is 12.0. The molecule has 98 valence electrons. The van der Waals surface area contributed by atoms with Gasteiger partial charge in [0.05, 0.1) is 23.3 Å². The van der Waals surface area contributed by atoms with Crippen LogP contribution in [0.25, 0.3) is 0 Å². The van der Waals surface area contributed by atoms with E-state index in [1.54, 1.807) is 13.0 Å². The van der Waals surface area contributed by atoms with Gasteiger partial charge in [-0.25, -0.2) is 13.2 Å². The minimum atomic E-state index is -3.30. The Kier molecular flexibility index (Phi) is 3.42. The Hall–Kier alpha value is -1.01. The second-order valence-electron chi connectivity index (χ2n) is 4.32. The van der Waals surface area contributed by atoms with Crippen molar-refractivity contribution in [2.45, 2.75) is 28.9 Å². The smallest absolute Gasteiger partial charge is 0.338 e. The van der Waals surface area contributed by atoms with Crippen LogP contribution in [0.1, 0.15) is 22.8 Å². The van der Waals surface area contributed by atoms with E-state index in [1.165, 1.54) is 24.9 Å². The number of fused-ring (bicyclic) bond motifs is 1. The van der Waals surface area contributed by atoms with E-state index in [2.05, 4.69) is 4.74 Å². The molecule has 6 heteroatoms. The molecule has 2 rings (SSSR count). The van der Waals surface area contributed by atoms with E-state index in [4.69, 9.17) is 0 Å². The van der Waals surface area contributed by atoms with Gasteiger partial charge in [-0.05, 0) is 24.6 Å². The van der Waals surface area contributed by atoms with Crippen molar-refractivity contribution in [2.75, 3.05) is 12.9 Å². The average molecular weight is 286 g/mol. The number of aryl methyl sites for hydroxylation is 1. The molecule has 0 N–H and O–H groups in total. The third-order valence-electron chi connectivity index (χ3n) is 2.81. The molecule has 0 saturated carbocycles. The van der Waals surface area contributed by atoms with Gasteiger partial charge < -0.3 is 4.74 Å². The molecule has 1 aliphatic rings. The van der Waals surface area contributed by atoms with E-state index < -0.39 is 15.8 Å². The number of sulfone groups is 1. The van der Waals surface area contributed by atoms with Crippen LogP contribution in [-0.2, 0) is 14.6 Å². The zero-order chi connectivity index (χ0) is 13.5. The molecule has 0 aliphatic carbocycles. The lowest BCUT2D eigenvalue weighted by Crippen LogP contribution is -2.22. The second-order valence-corrected chi connectivity index (χ2v) is 7.80. The summed E-state index contributed by atoms with van der Waals surface area (Å²) in [5.41, 5.74) is 1.05. The number of hydrogen-bond acceptors (Lipinski definition) is 5. The molecule has 1 unspecified atom stereocenters. The van der Waals surface area contributed by atoms with Crippen molar-refractivity contribution in [1.29, 1.82) is 0 Å². The predicted molar refractivity (Wildman–Crippen MR) is 69.9 cm³/mol. The van der Waals surface area contributed by atoms with Crippen molar-refractivity contribution >= 4 is 27.6 Å². The number of benzene rings is 1. The van der Waals surface area contributed by atoms with Gasteiger partial charge in [0.1, 0.15) is 0 Å². The first-order chi connectivity index (χ1) is 8.35. The van der Waals surface area contributed by atoms with E-state index in [-0.39, 0.29) is 15.9 Å². The van der Waals surface area contributed by atoms with E-state index in [0.717, 1.165) is 10.5 Å². The summed E-state index contributed by atoms with van der Waals surface area (Å²) in [6, 6.07) is 3.18. The monoisotopic (exact) mass is 286 g/mol. The Labute approximate surface area is 111 Å². The van der Waals surface area contributed by atoms with Gasteiger partial charge in [0.25, 0.3) is 0 Å². The lowest BCUT2D eigenvalue weighted by atomic mass is 10.1. The summed E-state index contributed by atoms with van der Waals surface area (Å²) < 4.78 is 28.8. The summed E-state index contributed by atoms with van der Waals surface area (Å²) in [5, 5.41) is 0.0332. The molecule has 0 spiro atoms. The quantitative estimate of drug-likeness (QED) is 0.739. The van der Waals surface area contributed by atoms with Crippen molar-refractivity contribution in [3.8, 4) is 0 Å². The molecule has 0 aromatic heterocycles. The van der Waals surface area contributed by atoms with Crippen molar-refractivity contribution in [2.24, 2.45) is 0 Å². The first-order valence-corrected chi connectivity index (χ1v) is 8.00. The van der Waals surface area contributed by atoms with Crippen LogP contribution in [0.3, 0.4) is 0 Å². The fraction of sp³-hybridized carbons (Fsp3) is 0.417. The van der Waals surface area contributed by atoms with E-state index in [1.807, 2.05) is 6.92 Å². The number of methoxy groups -OCH3 is 1. The van der Waals surface area contributed by atoms with Crippen molar-refractivity contribution in [3.63, 3.8) is 0 Å². The Morgan fingerprint density at radius 3 is 2.72 bits per heavy atom. The maximum atomic E-state index is 12.1. The maximum absolute atomic E-state index is 12.1. The zero-order valence-electron chi connectivity index (χ0n) is 10.4. The number of rotatable bonds is 1. The minimum absolute atomic E-state index is 0.0332. The normalized spacial score (nSPS) is 21.2. The summed E-state index contributed by atoms with van der Waals surface area (Å²) in [5.74, 6) is -0.400. The highest BCUT2D eigenvalue weighted by Gasteiger charge is 2.30. The number of carbonyl (C=O) groups excluding carboxylic acids is 1. The number of esters is 1. The van der Waals surface area contributed by atoms with Crippen molar-refractivity contribution in [1.82, 2.24) is 0 Å². The Balaban J connectivity index is 2.65. The first kappa shape index (κ1) is 13.4. The third-order valence-corrected chi connectivity index (χ3v) is 6.26. The molecule has 0 saturated heterocycles. The molecule has 0 fully saturated rings. The SMILES string of the molecule is COC(=O)c1cc2c(cc1C)SC(C)CS2(=O)=O. The molecule has 1 aliphatic heterocycles. The summed E-state index contributed by atoms with van der Waals surface area (Å²) in [4.78, 5) is 12.5. The van der Waals surface area contributed by atoms with Crippen LogP contribution in [0.5, 0.6) is 0 Å². The summed E-state index contributed by atoms with van der Waals surface area (Å²) in [6.45, 7) is 3.66. The molecule has 0 radical (unpaired) electrons. The highest BCUT2D eigenvalue weighted by molar-refractivity contribution is 8.03. The molecular formula is C12H14O4S2. The second kappa shape index (κ2) is 4.59. The van der Waals surface area contributed by atoms with Gasteiger partial charge in [-0.15, -0.1) is 11.8 Å². The topological polar surface area (TPSA) is 60.4 Å². The van der Waals surface area contributed by atoms with Crippen LogP contribution in [0.2, 0.25) is 0 Å². The van der Waals surface area contributed by atoms with Crippen LogP contribution in [0, 0.1) is 6.92 Å². The summed E-state index contributed by atoms with van der Waals surface area (Å²) in [7, 11) is -2.02. The number of thioether (sulfide) groups is 1. The van der Waals surface area contributed by atoms with Crippen LogP contribution in [0.4, 0.5) is 0 Å². The van der Waals surface area contributed by atoms with Gasteiger partial charge in [-0.3, -0.25) is 0 Å². The standard InChI is InChI=1S/C12H14O4S2/c1-7-4-10-11(5-9(7)12(13)16-3)18(14,15)6-8(2)17-10/h4-5,8H,6H2,1-3H3. The van der Waals surface area contributed by atoms with Crippen molar-refractivity contribution in [3.05, 3.63) is 23.3 Å². The van der Waals surface area contributed by atoms with Gasteiger partial charge in [-0.1, -0.05) is 6.92 Å². The van der Waals surface area contributed by atoms with Gasteiger partial charge in [0, 0.05) is 10.1 Å². The van der Waals surface area contributed by atoms with Crippen LogP contribution in [-0.4, -0.2) is 32.5 Å². The molecule has 1 atom stereocenters. The van der Waals surface area contributed by atoms with Crippen molar-refractivity contribution < 1.29 is 17.9 Å². The molecule has 1 aromatic rings. The molecule has 0 bridgehead atoms. The van der Waals surface area contributed by atoms with Crippen LogP contribution < -0.4 is 0 Å². The van der Waals surface area contributed by atoms with Crippen LogP contribution in [0.15, 0.2) is 21.9 Å². The molecule has 0 amide bonds. The van der Waals surface area contributed by atoms with E-state index in [9.17, 15) is 13.2 Å². The fourth-order valence-corrected chi connectivity index (χ4v) is 5.62. The molecular weight excluding hydrogens is 272 g/mol. The third kappa shape index (κ3) is 2.27. The van der Waals surface area contributed by atoms with Gasteiger partial charge in [-0.2, -0.15) is 0 Å². The summed E-state index contributed by atoms with van der Waals surface area (Å²) in [6.07, 6.45) is 0. The van der Waals surface area contributed by atoms with E-state index >= 15 is 0 Å². The maximum Gasteiger partial charge on any atom is 0.338 e. The molecule has 1 aromatic carbocycles. The Bertz CT molecular complexity index is 605. The fourth-order valence-electron chi connectivity index (χ4n) is 1.98. The minimum Gasteiger partial charge on any atom is -0.465 e. The number of ether oxygens (including phenoxy) is 1. The number of hydrogen-bond donors (Lipinski definition) is 0. The predicted octanol–water partition coefficient (Wildman–Crippen LogP) is 2.05. The molecule has 4 nitrogen and oxygen atoms in total. The molecule has 18 heavy (non-hydrogen) atoms. The average Bonchev–Trinajstić information content (AvgIpc) is 2.25.